The van der Waals surface area contributed by atoms with Crippen LogP contribution in [0, 0.1) is 17.8 Å². The number of para-hydroxylation sites is 1. The molecule has 4 nitrogen and oxygen atoms in total. The van der Waals surface area contributed by atoms with E-state index in [0.29, 0.717) is 11.8 Å². The third-order valence-electron chi connectivity index (χ3n) is 6.47. The Morgan fingerprint density at radius 3 is 2.43 bits per heavy atom. The molecule has 4 rings (SSSR count). The molecule has 5 heteroatoms. The molecule has 2 saturated carbocycles. The van der Waals surface area contributed by atoms with E-state index in [2.05, 4.69) is 35.6 Å². The molecule has 2 aromatic rings. The summed E-state index contributed by atoms with van der Waals surface area (Å²) in [5.41, 5.74) is 9.58. The average Bonchev–Trinajstić information content (AvgIpc) is 3.29. The quantitative estimate of drug-likeness (QED) is 0.784. The molecule has 0 spiro atoms. The fourth-order valence-electron chi connectivity index (χ4n) is 4.95. The smallest absolute Gasteiger partial charge is 0.225 e. The molecule has 0 saturated heterocycles. The Kier molecular flexibility index (Phi) is 6.31. The Balaban J connectivity index is 0.00000225. The van der Waals surface area contributed by atoms with Crippen LogP contribution in [-0.4, -0.2) is 19.1 Å². The highest BCUT2D eigenvalue weighted by Gasteiger charge is 2.49. The van der Waals surface area contributed by atoms with Gasteiger partial charge < -0.3 is 15.8 Å². The monoisotopic (exact) mass is 400 g/mol. The summed E-state index contributed by atoms with van der Waals surface area (Å²) in [6, 6.07) is 16.3. The van der Waals surface area contributed by atoms with Gasteiger partial charge in [-0.15, -0.1) is 12.4 Å². The van der Waals surface area contributed by atoms with Gasteiger partial charge in [0, 0.05) is 11.6 Å². The van der Waals surface area contributed by atoms with Gasteiger partial charge in [-0.2, -0.15) is 0 Å². The molecule has 2 aliphatic carbocycles. The molecule has 5 atom stereocenters. The number of nitrogens with one attached hydrogen (secondary N) is 1. The van der Waals surface area contributed by atoms with Crippen molar-refractivity contribution in [2.45, 2.75) is 38.3 Å². The Morgan fingerprint density at radius 2 is 1.79 bits per heavy atom. The van der Waals surface area contributed by atoms with Crippen LogP contribution in [-0.2, 0) is 4.79 Å². The molecule has 2 aromatic carbocycles. The van der Waals surface area contributed by atoms with E-state index in [1.807, 2.05) is 25.1 Å². The first-order valence-electron chi connectivity index (χ1n) is 9.87. The van der Waals surface area contributed by atoms with E-state index in [1.165, 1.54) is 6.42 Å². The summed E-state index contributed by atoms with van der Waals surface area (Å²) in [5.74, 6) is 1.98. The summed E-state index contributed by atoms with van der Waals surface area (Å²) in [4.78, 5) is 12.8. The number of methoxy groups -OCH3 is 1. The second-order valence-corrected chi connectivity index (χ2v) is 7.99. The third-order valence-corrected chi connectivity index (χ3v) is 6.47. The van der Waals surface area contributed by atoms with Crippen LogP contribution in [0.4, 0.5) is 0 Å². The number of carbonyl (C=O) groups is 1. The number of hydrogen-bond donors (Lipinski definition) is 2. The SMILES string of the molecule is COc1ccccc1-c1ccc(C(C)NC(=O)C2C3CCC(C3)C2N)cc1.Cl. The van der Waals surface area contributed by atoms with Gasteiger partial charge >= 0.3 is 0 Å². The minimum absolute atomic E-state index is 0. The number of carbonyl (C=O) groups excluding carboxylic acids is 1. The summed E-state index contributed by atoms with van der Waals surface area (Å²) in [5, 5.41) is 3.19. The van der Waals surface area contributed by atoms with E-state index in [9.17, 15) is 4.79 Å². The lowest BCUT2D eigenvalue weighted by atomic mass is 9.84. The zero-order chi connectivity index (χ0) is 19.0. The standard InChI is InChI=1S/C23H28N2O2.ClH/c1-14(25-23(26)21-17-11-12-18(13-17)22(21)24)15-7-9-16(10-8-15)19-5-3-4-6-20(19)27-2;/h3-10,14,17-18,21-22H,11-13,24H2,1-2H3,(H,25,26);1H. The first-order valence-corrected chi connectivity index (χ1v) is 9.87. The molecule has 1 amide bonds. The van der Waals surface area contributed by atoms with Crippen molar-refractivity contribution in [3.8, 4) is 16.9 Å². The number of amides is 1. The van der Waals surface area contributed by atoms with Crippen LogP contribution in [0.3, 0.4) is 0 Å². The molecule has 2 bridgehead atoms. The average molecular weight is 401 g/mol. The Morgan fingerprint density at radius 1 is 1.11 bits per heavy atom. The first-order chi connectivity index (χ1) is 13.1. The van der Waals surface area contributed by atoms with E-state index in [-0.39, 0.29) is 36.3 Å². The predicted molar refractivity (Wildman–Crippen MR) is 115 cm³/mol. The van der Waals surface area contributed by atoms with Crippen LogP contribution in [0.2, 0.25) is 0 Å². The van der Waals surface area contributed by atoms with Crippen molar-refractivity contribution in [1.29, 1.82) is 0 Å². The molecular weight excluding hydrogens is 372 g/mol. The van der Waals surface area contributed by atoms with Crippen molar-refractivity contribution in [3.63, 3.8) is 0 Å². The summed E-state index contributed by atoms with van der Waals surface area (Å²) < 4.78 is 5.45. The molecule has 3 N–H and O–H groups in total. The molecule has 150 valence electrons. The van der Waals surface area contributed by atoms with Gasteiger partial charge in [0.15, 0.2) is 0 Å². The van der Waals surface area contributed by atoms with E-state index < -0.39 is 0 Å². The van der Waals surface area contributed by atoms with E-state index >= 15 is 0 Å². The molecular formula is C23H29ClN2O2. The Bertz CT molecular complexity index is 822. The van der Waals surface area contributed by atoms with Crippen molar-refractivity contribution >= 4 is 18.3 Å². The highest BCUT2D eigenvalue weighted by atomic mass is 35.5. The van der Waals surface area contributed by atoms with Gasteiger partial charge in [0.2, 0.25) is 5.91 Å². The highest BCUT2D eigenvalue weighted by molar-refractivity contribution is 5.85. The summed E-state index contributed by atoms with van der Waals surface area (Å²) in [6.07, 6.45) is 3.47. The molecule has 28 heavy (non-hydrogen) atoms. The van der Waals surface area contributed by atoms with Gasteiger partial charge in [-0.1, -0.05) is 42.5 Å². The first kappa shape index (κ1) is 20.7. The third kappa shape index (κ3) is 3.76. The summed E-state index contributed by atoms with van der Waals surface area (Å²) >= 11 is 0. The van der Waals surface area contributed by atoms with Crippen LogP contribution in [0.15, 0.2) is 48.5 Å². The molecule has 2 fully saturated rings. The summed E-state index contributed by atoms with van der Waals surface area (Å²) in [7, 11) is 1.69. The van der Waals surface area contributed by atoms with Crippen molar-refractivity contribution in [2.24, 2.45) is 23.5 Å². The minimum atomic E-state index is -0.0319. The highest BCUT2D eigenvalue weighted by Crippen LogP contribution is 2.47. The van der Waals surface area contributed by atoms with E-state index in [4.69, 9.17) is 10.5 Å². The van der Waals surface area contributed by atoms with Crippen LogP contribution >= 0.6 is 12.4 Å². The Labute approximate surface area is 173 Å². The molecule has 0 heterocycles. The molecule has 0 aliphatic heterocycles. The fraction of sp³-hybridized carbons (Fsp3) is 0.435. The molecule has 2 aliphatic rings. The number of halogens is 1. The lowest BCUT2D eigenvalue weighted by Crippen LogP contribution is -2.45. The van der Waals surface area contributed by atoms with Crippen molar-refractivity contribution in [2.75, 3.05) is 7.11 Å². The maximum atomic E-state index is 12.8. The largest absolute Gasteiger partial charge is 0.496 e. The van der Waals surface area contributed by atoms with Crippen molar-refractivity contribution < 1.29 is 9.53 Å². The molecule has 0 aromatic heterocycles. The normalized spacial score (nSPS) is 26.4. The van der Waals surface area contributed by atoms with Crippen LogP contribution in [0.1, 0.15) is 37.8 Å². The lowest BCUT2D eigenvalue weighted by molar-refractivity contribution is -0.127. The van der Waals surface area contributed by atoms with Gasteiger partial charge in [-0.25, -0.2) is 0 Å². The predicted octanol–water partition coefficient (Wildman–Crippen LogP) is 4.33. The zero-order valence-electron chi connectivity index (χ0n) is 16.4. The Hall–Kier alpha value is -2.04. The van der Waals surface area contributed by atoms with Crippen molar-refractivity contribution in [1.82, 2.24) is 5.32 Å². The molecule has 5 unspecified atom stereocenters. The maximum Gasteiger partial charge on any atom is 0.225 e. The lowest BCUT2D eigenvalue weighted by Gasteiger charge is -2.28. The zero-order valence-corrected chi connectivity index (χ0v) is 17.2. The summed E-state index contributed by atoms with van der Waals surface area (Å²) in [6.45, 7) is 2.04. The minimum Gasteiger partial charge on any atom is -0.496 e. The van der Waals surface area contributed by atoms with Crippen molar-refractivity contribution in [3.05, 3.63) is 54.1 Å². The van der Waals surface area contributed by atoms with Crippen LogP contribution in [0.25, 0.3) is 11.1 Å². The maximum absolute atomic E-state index is 12.8. The van der Waals surface area contributed by atoms with E-state index in [1.54, 1.807) is 7.11 Å². The fourth-order valence-corrected chi connectivity index (χ4v) is 4.95. The van der Waals surface area contributed by atoms with Crippen LogP contribution < -0.4 is 15.8 Å². The number of fused-ring (bicyclic) bond motifs is 2. The van der Waals surface area contributed by atoms with Gasteiger partial charge in [0.1, 0.15) is 5.75 Å². The number of hydrogen-bond acceptors (Lipinski definition) is 3. The second-order valence-electron chi connectivity index (χ2n) is 7.99. The number of nitrogens with two attached hydrogens (primary N) is 1. The van der Waals surface area contributed by atoms with Gasteiger partial charge in [-0.3, -0.25) is 4.79 Å². The molecule has 0 radical (unpaired) electrons. The van der Waals surface area contributed by atoms with Gasteiger partial charge in [-0.05, 0) is 55.2 Å². The van der Waals surface area contributed by atoms with E-state index in [0.717, 1.165) is 35.3 Å². The van der Waals surface area contributed by atoms with Gasteiger partial charge in [0.25, 0.3) is 0 Å². The topological polar surface area (TPSA) is 64.3 Å². The van der Waals surface area contributed by atoms with Crippen LogP contribution in [0.5, 0.6) is 5.75 Å². The number of rotatable bonds is 5. The van der Waals surface area contributed by atoms with Gasteiger partial charge in [0.05, 0.1) is 19.1 Å². The number of benzene rings is 2. The second kappa shape index (κ2) is 8.54. The number of ether oxygens (including phenoxy) is 1.